The van der Waals surface area contributed by atoms with Gasteiger partial charge in [-0.05, 0) is 26.7 Å². The lowest BCUT2D eigenvalue weighted by molar-refractivity contribution is 0.0598. The first-order valence-corrected chi connectivity index (χ1v) is 8.23. The van der Waals surface area contributed by atoms with Crippen LogP contribution in [0.5, 0.6) is 0 Å². The molecule has 1 amide bonds. The van der Waals surface area contributed by atoms with Crippen molar-refractivity contribution < 1.29 is 4.79 Å². The highest BCUT2D eigenvalue weighted by atomic mass is 32.1. The Bertz CT molecular complexity index is 687. The van der Waals surface area contributed by atoms with Crippen LogP contribution in [0.1, 0.15) is 41.8 Å². The van der Waals surface area contributed by atoms with Gasteiger partial charge in [-0.2, -0.15) is 0 Å². The summed E-state index contributed by atoms with van der Waals surface area (Å²) in [5, 5.41) is 4.84. The van der Waals surface area contributed by atoms with Gasteiger partial charge >= 0.3 is 0 Å². The molecule has 0 aliphatic carbocycles. The third kappa shape index (κ3) is 2.45. The standard InChI is InChI=1S/C15H19N5OS/c1-10-7-12(16-3)19-14(18-10)15(2)5-4-6-20(15)13(21)11-8-22-9-17-11/h7-9H,4-6H2,1-3H3,(H,16,18,19)/t15-/m1/s1. The first-order chi connectivity index (χ1) is 10.5. The number of aromatic nitrogens is 3. The van der Waals surface area contributed by atoms with Crippen LogP contribution in [0.2, 0.25) is 0 Å². The Labute approximate surface area is 133 Å². The second kappa shape index (κ2) is 5.64. The molecule has 1 N–H and O–H groups in total. The number of amides is 1. The molecular formula is C15H19N5OS. The maximum Gasteiger partial charge on any atom is 0.274 e. The molecule has 2 aromatic heterocycles. The van der Waals surface area contributed by atoms with Crippen LogP contribution in [0.3, 0.4) is 0 Å². The summed E-state index contributed by atoms with van der Waals surface area (Å²) in [6.45, 7) is 4.69. The van der Waals surface area contributed by atoms with Crippen LogP contribution in [0, 0.1) is 6.92 Å². The molecule has 1 saturated heterocycles. The average Bonchev–Trinajstić information content (AvgIpc) is 3.16. The lowest BCUT2D eigenvalue weighted by Crippen LogP contribution is -2.44. The molecule has 2 aromatic rings. The molecule has 7 heteroatoms. The number of hydrogen-bond acceptors (Lipinski definition) is 6. The molecule has 1 aliphatic rings. The molecule has 0 aromatic carbocycles. The Morgan fingerprint density at radius 3 is 2.95 bits per heavy atom. The van der Waals surface area contributed by atoms with E-state index in [1.54, 1.807) is 10.9 Å². The van der Waals surface area contributed by atoms with Gasteiger partial charge in [-0.15, -0.1) is 11.3 Å². The number of hydrogen-bond donors (Lipinski definition) is 1. The van der Waals surface area contributed by atoms with E-state index in [0.717, 1.165) is 24.4 Å². The van der Waals surface area contributed by atoms with Gasteiger partial charge in [0.2, 0.25) is 0 Å². The molecule has 22 heavy (non-hydrogen) atoms. The number of nitrogens with one attached hydrogen (secondary N) is 1. The summed E-state index contributed by atoms with van der Waals surface area (Å²) in [5.74, 6) is 1.42. The summed E-state index contributed by atoms with van der Waals surface area (Å²) in [6.07, 6.45) is 1.80. The Balaban J connectivity index is 2.00. The molecule has 3 rings (SSSR count). The lowest BCUT2D eigenvalue weighted by atomic mass is 9.97. The van der Waals surface area contributed by atoms with E-state index in [1.165, 1.54) is 11.3 Å². The molecule has 0 bridgehead atoms. The van der Waals surface area contributed by atoms with Crippen LogP contribution < -0.4 is 5.32 Å². The van der Waals surface area contributed by atoms with Crippen LogP contribution in [-0.4, -0.2) is 39.4 Å². The average molecular weight is 317 g/mol. The van der Waals surface area contributed by atoms with Crippen LogP contribution in [0.4, 0.5) is 5.82 Å². The Kier molecular flexibility index (Phi) is 3.82. The van der Waals surface area contributed by atoms with Crippen molar-refractivity contribution >= 4 is 23.1 Å². The fourth-order valence-electron chi connectivity index (χ4n) is 2.92. The molecule has 1 aliphatic heterocycles. The number of anilines is 1. The summed E-state index contributed by atoms with van der Waals surface area (Å²) < 4.78 is 0. The molecule has 1 atom stereocenters. The van der Waals surface area contributed by atoms with E-state index in [1.807, 2.05) is 31.9 Å². The van der Waals surface area contributed by atoms with Gasteiger partial charge in [0.05, 0.1) is 5.51 Å². The zero-order chi connectivity index (χ0) is 15.7. The summed E-state index contributed by atoms with van der Waals surface area (Å²) >= 11 is 1.43. The molecular weight excluding hydrogens is 298 g/mol. The maximum absolute atomic E-state index is 12.7. The van der Waals surface area contributed by atoms with E-state index < -0.39 is 5.54 Å². The van der Waals surface area contributed by atoms with Gasteiger partial charge in [0, 0.05) is 30.7 Å². The maximum atomic E-state index is 12.7. The highest BCUT2D eigenvalue weighted by Crippen LogP contribution is 2.38. The summed E-state index contributed by atoms with van der Waals surface area (Å²) in [7, 11) is 1.83. The predicted octanol–water partition coefficient (Wildman–Crippen LogP) is 2.43. The highest BCUT2D eigenvalue weighted by molar-refractivity contribution is 7.07. The smallest absolute Gasteiger partial charge is 0.274 e. The fraction of sp³-hybridized carbons (Fsp3) is 0.467. The number of thiazole rings is 1. The molecule has 0 unspecified atom stereocenters. The SMILES string of the molecule is CNc1cc(C)nc([C@@]2(C)CCCN2C(=O)c2cscn2)n1. The topological polar surface area (TPSA) is 71.0 Å². The van der Waals surface area contributed by atoms with Gasteiger partial charge < -0.3 is 10.2 Å². The van der Waals surface area contributed by atoms with Crippen molar-refractivity contribution in [3.8, 4) is 0 Å². The number of carbonyl (C=O) groups excluding carboxylic acids is 1. The van der Waals surface area contributed by atoms with Gasteiger partial charge in [-0.25, -0.2) is 15.0 Å². The third-order valence-electron chi connectivity index (χ3n) is 4.13. The number of aryl methyl sites for hydroxylation is 1. The molecule has 3 heterocycles. The molecule has 116 valence electrons. The predicted molar refractivity (Wildman–Crippen MR) is 86.1 cm³/mol. The van der Waals surface area contributed by atoms with E-state index >= 15 is 0 Å². The van der Waals surface area contributed by atoms with Crippen molar-refractivity contribution in [2.24, 2.45) is 0 Å². The number of rotatable bonds is 3. The minimum absolute atomic E-state index is 0.0441. The van der Waals surface area contributed by atoms with Crippen molar-refractivity contribution in [1.29, 1.82) is 0 Å². The summed E-state index contributed by atoms with van der Waals surface area (Å²) in [4.78, 5) is 27.9. The van der Waals surface area contributed by atoms with Crippen molar-refractivity contribution in [2.75, 3.05) is 18.9 Å². The van der Waals surface area contributed by atoms with Crippen molar-refractivity contribution in [1.82, 2.24) is 19.9 Å². The normalized spacial score (nSPS) is 21.1. The Morgan fingerprint density at radius 1 is 1.45 bits per heavy atom. The minimum atomic E-state index is -0.488. The monoisotopic (exact) mass is 317 g/mol. The van der Waals surface area contributed by atoms with E-state index in [2.05, 4.69) is 20.3 Å². The Morgan fingerprint density at radius 2 is 2.27 bits per heavy atom. The van der Waals surface area contributed by atoms with Gasteiger partial charge in [0.25, 0.3) is 5.91 Å². The fourth-order valence-corrected chi connectivity index (χ4v) is 3.44. The van der Waals surface area contributed by atoms with Gasteiger partial charge in [0.15, 0.2) is 5.82 Å². The molecule has 1 fully saturated rings. The second-order valence-corrected chi connectivity index (χ2v) is 6.39. The lowest BCUT2D eigenvalue weighted by Gasteiger charge is -2.33. The first kappa shape index (κ1) is 14.9. The zero-order valence-electron chi connectivity index (χ0n) is 13.0. The quantitative estimate of drug-likeness (QED) is 0.941. The van der Waals surface area contributed by atoms with Crippen LogP contribution in [0.15, 0.2) is 17.0 Å². The largest absolute Gasteiger partial charge is 0.373 e. The van der Waals surface area contributed by atoms with Crippen molar-refractivity contribution in [2.45, 2.75) is 32.2 Å². The summed E-state index contributed by atoms with van der Waals surface area (Å²) in [6, 6.07) is 1.90. The van der Waals surface area contributed by atoms with Crippen LogP contribution in [-0.2, 0) is 5.54 Å². The van der Waals surface area contributed by atoms with Crippen molar-refractivity contribution in [3.63, 3.8) is 0 Å². The molecule has 0 spiro atoms. The first-order valence-electron chi connectivity index (χ1n) is 7.28. The van der Waals surface area contributed by atoms with E-state index in [0.29, 0.717) is 18.1 Å². The second-order valence-electron chi connectivity index (χ2n) is 5.68. The minimum Gasteiger partial charge on any atom is -0.373 e. The van der Waals surface area contributed by atoms with Crippen LogP contribution in [0.25, 0.3) is 0 Å². The van der Waals surface area contributed by atoms with Gasteiger partial charge in [0.1, 0.15) is 17.1 Å². The number of carbonyl (C=O) groups is 1. The van der Waals surface area contributed by atoms with E-state index in [4.69, 9.17) is 0 Å². The summed E-state index contributed by atoms with van der Waals surface area (Å²) in [5.41, 5.74) is 2.59. The highest BCUT2D eigenvalue weighted by Gasteiger charge is 2.44. The van der Waals surface area contributed by atoms with Crippen molar-refractivity contribution in [3.05, 3.63) is 34.2 Å². The van der Waals surface area contributed by atoms with E-state index in [9.17, 15) is 4.79 Å². The Hall–Kier alpha value is -2.02. The molecule has 0 saturated carbocycles. The zero-order valence-corrected chi connectivity index (χ0v) is 13.8. The third-order valence-corrected chi connectivity index (χ3v) is 4.72. The van der Waals surface area contributed by atoms with Crippen LogP contribution >= 0.6 is 11.3 Å². The molecule has 6 nitrogen and oxygen atoms in total. The van der Waals surface area contributed by atoms with Gasteiger partial charge in [-0.3, -0.25) is 4.79 Å². The molecule has 0 radical (unpaired) electrons. The number of likely N-dealkylation sites (tertiary alicyclic amines) is 1. The van der Waals surface area contributed by atoms with Gasteiger partial charge in [-0.1, -0.05) is 0 Å². The number of nitrogens with zero attached hydrogens (tertiary/aromatic N) is 4. The van der Waals surface area contributed by atoms with E-state index in [-0.39, 0.29) is 5.91 Å².